The van der Waals surface area contributed by atoms with Crippen molar-refractivity contribution in [1.29, 1.82) is 0 Å². The Bertz CT molecular complexity index is 548. The second-order valence-corrected chi connectivity index (χ2v) is 6.14. The molecule has 0 unspecified atom stereocenters. The fraction of sp³-hybridized carbons (Fsp3) is 0.417. The van der Waals surface area contributed by atoms with Crippen LogP contribution in [0.2, 0.25) is 0 Å². The summed E-state index contributed by atoms with van der Waals surface area (Å²) in [6, 6.07) is 6.56. The molecule has 7 heteroatoms. The van der Waals surface area contributed by atoms with Gasteiger partial charge in [0.25, 0.3) is 0 Å². The van der Waals surface area contributed by atoms with Gasteiger partial charge in [-0.15, -0.1) is 0 Å². The van der Waals surface area contributed by atoms with Gasteiger partial charge in [-0.1, -0.05) is 0 Å². The second-order valence-electron chi connectivity index (χ2n) is 4.47. The summed E-state index contributed by atoms with van der Waals surface area (Å²) in [5, 5.41) is 2.62. The van der Waals surface area contributed by atoms with Crippen LogP contribution in [0.5, 0.6) is 0 Å². The van der Waals surface area contributed by atoms with Crippen LogP contribution in [0.3, 0.4) is 0 Å². The van der Waals surface area contributed by atoms with Gasteiger partial charge in [-0.25, -0.2) is 0 Å². The maximum absolute atomic E-state index is 12.0. The fourth-order valence-electron chi connectivity index (χ4n) is 1.97. The molecule has 0 saturated carbocycles. The number of carbonyl (C=O) groups excluding carboxylic acids is 1. The average Bonchev–Trinajstić information content (AvgIpc) is 2.85. The predicted molar refractivity (Wildman–Crippen MR) is 74.1 cm³/mol. The van der Waals surface area contributed by atoms with Gasteiger partial charge in [-0.05, 0) is 37.1 Å². The average molecular weight is 283 g/mol. The third-order valence-corrected chi connectivity index (χ3v) is 4.40. The van der Waals surface area contributed by atoms with Crippen LogP contribution in [0.25, 0.3) is 0 Å². The molecule has 1 aromatic carbocycles. The maximum atomic E-state index is 12.0. The molecule has 1 aliphatic heterocycles. The van der Waals surface area contributed by atoms with Crippen molar-refractivity contribution in [1.82, 2.24) is 4.31 Å². The van der Waals surface area contributed by atoms with E-state index in [9.17, 15) is 13.2 Å². The summed E-state index contributed by atoms with van der Waals surface area (Å²) in [6.45, 7) is 2.56. The molecule has 0 atom stereocenters. The largest absolute Gasteiger partial charge is 0.326 e. The highest BCUT2D eigenvalue weighted by molar-refractivity contribution is 7.90. The molecule has 0 spiro atoms. The molecule has 1 heterocycles. The quantitative estimate of drug-likeness (QED) is 0.876. The fourth-order valence-corrected chi connectivity index (χ4v) is 3.27. The standard InChI is InChI=1S/C12H17N3O3S/c1-10(16)13-11-4-6-12(7-5-11)14-19(17,18)15-8-2-3-9-15/h4-7,14H,2-3,8-9H2,1H3,(H,13,16). The zero-order valence-corrected chi connectivity index (χ0v) is 11.5. The van der Waals surface area contributed by atoms with Crippen molar-refractivity contribution >= 4 is 27.5 Å². The summed E-state index contributed by atoms with van der Waals surface area (Å²) in [5.41, 5.74) is 1.12. The van der Waals surface area contributed by atoms with Crippen LogP contribution >= 0.6 is 0 Å². The molecular weight excluding hydrogens is 266 g/mol. The van der Waals surface area contributed by atoms with E-state index in [1.54, 1.807) is 24.3 Å². The van der Waals surface area contributed by atoms with Crippen molar-refractivity contribution in [2.75, 3.05) is 23.1 Å². The van der Waals surface area contributed by atoms with Crippen LogP contribution in [-0.2, 0) is 15.0 Å². The van der Waals surface area contributed by atoms with E-state index in [-0.39, 0.29) is 5.91 Å². The van der Waals surface area contributed by atoms with E-state index in [0.29, 0.717) is 24.5 Å². The van der Waals surface area contributed by atoms with Crippen LogP contribution in [0, 0.1) is 0 Å². The van der Waals surface area contributed by atoms with Gasteiger partial charge in [0.1, 0.15) is 0 Å². The number of nitrogens with one attached hydrogen (secondary N) is 2. The molecule has 104 valence electrons. The number of hydrogen-bond donors (Lipinski definition) is 2. The summed E-state index contributed by atoms with van der Waals surface area (Å²) in [6.07, 6.45) is 1.81. The molecule has 0 radical (unpaired) electrons. The van der Waals surface area contributed by atoms with Crippen LogP contribution in [0.4, 0.5) is 11.4 Å². The minimum atomic E-state index is -3.45. The van der Waals surface area contributed by atoms with Gasteiger partial charge in [0.2, 0.25) is 5.91 Å². The number of rotatable bonds is 4. The Morgan fingerprint density at radius 2 is 1.63 bits per heavy atom. The molecule has 2 N–H and O–H groups in total. The van der Waals surface area contributed by atoms with E-state index in [1.807, 2.05) is 0 Å². The van der Waals surface area contributed by atoms with Crippen molar-refractivity contribution in [3.63, 3.8) is 0 Å². The summed E-state index contributed by atoms with van der Waals surface area (Å²) < 4.78 is 28.0. The second kappa shape index (κ2) is 5.58. The minimum absolute atomic E-state index is 0.162. The highest BCUT2D eigenvalue weighted by Crippen LogP contribution is 2.18. The van der Waals surface area contributed by atoms with Gasteiger partial charge in [0.05, 0.1) is 0 Å². The zero-order chi connectivity index (χ0) is 13.9. The third-order valence-electron chi connectivity index (χ3n) is 2.86. The van der Waals surface area contributed by atoms with Crippen molar-refractivity contribution in [3.8, 4) is 0 Å². The van der Waals surface area contributed by atoms with Gasteiger partial charge in [0.15, 0.2) is 0 Å². The molecule has 19 heavy (non-hydrogen) atoms. The lowest BCUT2D eigenvalue weighted by atomic mass is 10.3. The number of hydrogen-bond acceptors (Lipinski definition) is 3. The lowest BCUT2D eigenvalue weighted by molar-refractivity contribution is -0.114. The SMILES string of the molecule is CC(=O)Nc1ccc(NS(=O)(=O)N2CCCC2)cc1. The first-order valence-electron chi connectivity index (χ1n) is 6.13. The van der Waals surface area contributed by atoms with Crippen LogP contribution < -0.4 is 10.0 Å². The predicted octanol–water partition coefficient (Wildman–Crippen LogP) is 1.40. The van der Waals surface area contributed by atoms with E-state index in [2.05, 4.69) is 10.0 Å². The van der Waals surface area contributed by atoms with Crippen LogP contribution in [-0.4, -0.2) is 31.7 Å². The Labute approximate surface area is 113 Å². The normalized spacial score (nSPS) is 16.3. The lowest BCUT2D eigenvalue weighted by Crippen LogP contribution is -2.33. The first-order chi connectivity index (χ1) is 8.97. The first-order valence-corrected chi connectivity index (χ1v) is 7.57. The highest BCUT2D eigenvalue weighted by atomic mass is 32.2. The summed E-state index contributed by atoms with van der Waals surface area (Å²) >= 11 is 0. The third kappa shape index (κ3) is 3.68. The van der Waals surface area contributed by atoms with Gasteiger partial charge in [-0.2, -0.15) is 12.7 Å². The molecule has 1 aromatic rings. The van der Waals surface area contributed by atoms with Crippen molar-refractivity contribution < 1.29 is 13.2 Å². The van der Waals surface area contributed by atoms with Gasteiger partial charge in [0, 0.05) is 31.4 Å². The molecule has 6 nitrogen and oxygen atoms in total. The maximum Gasteiger partial charge on any atom is 0.301 e. The Hall–Kier alpha value is -1.60. The van der Waals surface area contributed by atoms with Crippen LogP contribution in [0.15, 0.2) is 24.3 Å². The summed E-state index contributed by atoms with van der Waals surface area (Å²) in [7, 11) is -3.45. The van der Waals surface area contributed by atoms with Crippen LogP contribution in [0.1, 0.15) is 19.8 Å². The number of nitrogens with zero attached hydrogens (tertiary/aromatic N) is 1. The smallest absolute Gasteiger partial charge is 0.301 e. The van der Waals surface area contributed by atoms with E-state index >= 15 is 0 Å². The highest BCUT2D eigenvalue weighted by Gasteiger charge is 2.24. The minimum Gasteiger partial charge on any atom is -0.326 e. The number of amides is 1. The van der Waals surface area contributed by atoms with Gasteiger partial charge >= 0.3 is 10.2 Å². The summed E-state index contributed by atoms with van der Waals surface area (Å²) in [5.74, 6) is -0.162. The molecule has 0 aromatic heterocycles. The molecule has 0 aliphatic carbocycles. The van der Waals surface area contributed by atoms with Crippen molar-refractivity contribution in [2.24, 2.45) is 0 Å². The van der Waals surface area contributed by atoms with Gasteiger partial charge < -0.3 is 5.32 Å². The van der Waals surface area contributed by atoms with Crippen molar-refractivity contribution in [2.45, 2.75) is 19.8 Å². The number of benzene rings is 1. The van der Waals surface area contributed by atoms with E-state index in [0.717, 1.165) is 12.8 Å². The lowest BCUT2D eigenvalue weighted by Gasteiger charge is -2.17. The molecule has 0 bridgehead atoms. The topological polar surface area (TPSA) is 78.5 Å². The molecule has 1 aliphatic rings. The molecule has 1 saturated heterocycles. The Kier molecular flexibility index (Phi) is 4.06. The van der Waals surface area contributed by atoms with Crippen molar-refractivity contribution in [3.05, 3.63) is 24.3 Å². The Morgan fingerprint density at radius 3 is 2.16 bits per heavy atom. The zero-order valence-electron chi connectivity index (χ0n) is 10.7. The summed E-state index contributed by atoms with van der Waals surface area (Å²) in [4.78, 5) is 10.9. The first kappa shape index (κ1) is 13.8. The molecule has 2 rings (SSSR count). The number of anilines is 2. The van der Waals surface area contributed by atoms with E-state index < -0.39 is 10.2 Å². The number of carbonyl (C=O) groups is 1. The Balaban J connectivity index is 2.04. The monoisotopic (exact) mass is 283 g/mol. The van der Waals surface area contributed by atoms with E-state index in [4.69, 9.17) is 0 Å². The van der Waals surface area contributed by atoms with E-state index in [1.165, 1.54) is 11.2 Å². The Morgan fingerprint density at radius 1 is 1.11 bits per heavy atom. The molecular formula is C12H17N3O3S. The molecule has 1 fully saturated rings. The van der Waals surface area contributed by atoms with Gasteiger partial charge in [-0.3, -0.25) is 9.52 Å². The molecule has 1 amide bonds.